The van der Waals surface area contributed by atoms with Gasteiger partial charge in [0.25, 0.3) is 0 Å². The molecule has 2 aromatic rings. The molecule has 0 nitrogen and oxygen atoms in total. The van der Waals surface area contributed by atoms with Crippen LogP contribution < -0.4 is 0 Å². The van der Waals surface area contributed by atoms with Crippen molar-refractivity contribution in [2.24, 2.45) is 0 Å². The van der Waals surface area contributed by atoms with E-state index in [-0.39, 0.29) is 0 Å². The number of fused-ring (bicyclic) bond motifs is 1. The fraction of sp³-hybridized carbons (Fsp3) is 0.364. The first-order chi connectivity index (χ1) is 10.8. The van der Waals surface area contributed by atoms with Crippen LogP contribution in [0, 0.1) is 0 Å². The highest BCUT2D eigenvalue weighted by Gasteiger charge is 2.13. The largest absolute Gasteiger partial charge is 0.0683 e. The van der Waals surface area contributed by atoms with E-state index in [9.17, 15) is 0 Å². The van der Waals surface area contributed by atoms with E-state index >= 15 is 0 Å². The fourth-order valence-corrected chi connectivity index (χ4v) is 3.39. The molecule has 0 unspecified atom stereocenters. The van der Waals surface area contributed by atoms with Crippen molar-refractivity contribution in [3.63, 3.8) is 0 Å². The molecule has 2 aromatic carbocycles. The van der Waals surface area contributed by atoms with Gasteiger partial charge in [0.2, 0.25) is 0 Å². The summed E-state index contributed by atoms with van der Waals surface area (Å²) in [5.41, 5.74) is 8.57. The first kappa shape index (κ1) is 15.1. The Bertz CT molecular complexity index is 659. The molecule has 22 heavy (non-hydrogen) atoms. The third-order valence-corrected chi connectivity index (χ3v) is 4.64. The van der Waals surface area contributed by atoms with Crippen LogP contribution in [-0.4, -0.2) is 0 Å². The minimum Gasteiger partial charge on any atom is -0.0683 e. The Morgan fingerprint density at radius 2 is 1.73 bits per heavy atom. The summed E-state index contributed by atoms with van der Waals surface area (Å²) in [6, 6.07) is 15.9. The quantitative estimate of drug-likeness (QED) is 0.537. The van der Waals surface area contributed by atoms with Crippen LogP contribution in [0.3, 0.4) is 0 Å². The van der Waals surface area contributed by atoms with E-state index < -0.39 is 0 Å². The topological polar surface area (TPSA) is 0 Å². The highest BCUT2D eigenvalue weighted by Crippen LogP contribution is 2.33. The second-order valence-corrected chi connectivity index (χ2v) is 6.55. The normalized spacial score (nSPS) is 13.1. The number of hydrogen-bond donors (Lipinski definition) is 0. The van der Waals surface area contributed by atoms with E-state index in [1.807, 2.05) is 0 Å². The first-order valence-electron chi connectivity index (χ1n) is 8.66. The zero-order valence-electron chi connectivity index (χ0n) is 13.9. The number of hydrogen-bond acceptors (Lipinski definition) is 0. The van der Waals surface area contributed by atoms with Crippen LogP contribution in [0.4, 0.5) is 0 Å². The summed E-state index contributed by atoms with van der Waals surface area (Å²) in [6.07, 6.45) is 10.0. The van der Waals surface area contributed by atoms with Crippen molar-refractivity contribution in [2.45, 2.75) is 52.4 Å². The molecule has 0 radical (unpaired) electrons. The maximum absolute atomic E-state index is 2.35. The Kier molecular flexibility index (Phi) is 4.77. The number of allylic oxidation sites excluding steroid dienone is 1. The Balaban J connectivity index is 1.75. The maximum Gasteiger partial charge on any atom is -0.00604 e. The van der Waals surface area contributed by atoms with Gasteiger partial charge in [0.1, 0.15) is 0 Å². The van der Waals surface area contributed by atoms with Crippen LogP contribution in [0.25, 0.3) is 17.2 Å². The zero-order chi connectivity index (χ0) is 15.4. The summed E-state index contributed by atoms with van der Waals surface area (Å²) in [6.45, 7) is 4.49. The van der Waals surface area contributed by atoms with Gasteiger partial charge in [-0.15, -0.1) is 0 Å². The van der Waals surface area contributed by atoms with Gasteiger partial charge >= 0.3 is 0 Å². The van der Waals surface area contributed by atoms with E-state index in [4.69, 9.17) is 0 Å². The summed E-state index contributed by atoms with van der Waals surface area (Å²) in [5, 5.41) is 0. The summed E-state index contributed by atoms with van der Waals surface area (Å²) in [7, 11) is 0. The number of benzene rings is 2. The Morgan fingerprint density at radius 1 is 0.909 bits per heavy atom. The molecule has 0 atom stereocenters. The van der Waals surface area contributed by atoms with E-state index in [0.29, 0.717) is 0 Å². The van der Waals surface area contributed by atoms with Crippen LogP contribution in [0.5, 0.6) is 0 Å². The highest BCUT2D eigenvalue weighted by molar-refractivity contribution is 5.80. The lowest BCUT2D eigenvalue weighted by molar-refractivity contribution is 0.667. The van der Waals surface area contributed by atoms with E-state index in [1.165, 1.54) is 65.5 Å². The van der Waals surface area contributed by atoms with Crippen molar-refractivity contribution < 1.29 is 0 Å². The molecule has 0 aromatic heterocycles. The maximum atomic E-state index is 2.35. The number of rotatable bonds is 6. The molecule has 0 saturated heterocycles. The Morgan fingerprint density at radius 3 is 2.50 bits per heavy atom. The van der Waals surface area contributed by atoms with Crippen LogP contribution in [0.15, 0.2) is 48.0 Å². The molecule has 0 saturated carbocycles. The first-order valence-corrected chi connectivity index (χ1v) is 8.66. The predicted molar refractivity (Wildman–Crippen MR) is 97.1 cm³/mol. The molecule has 0 amide bonds. The van der Waals surface area contributed by atoms with Gasteiger partial charge < -0.3 is 0 Å². The monoisotopic (exact) mass is 290 g/mol. The molecule has 0 aliphatic heterocycles. The average Bonchev–Trinajstić information content (AvgIpc) is 2.92. The molecule has 1 aliphatic rings. The molecule has 0 bridgehead atoms. The lowest BCUT2D eigenvalue weighted by Gasteiger charge is -2.09. The minimum absolute atomic E-state index is 1.11. The van der Waals surface area contributed by atoms with Gasteiger partial charge in [0, 0.05) is 0 Å². The van der Waals surface area contributed by atoms with Crippen molar-refractivity contribution in [1.29, 1.82) is 0 Å². The molecule has 0 N–H and O–H groups in total. The van der Waals surface area contributed by atoms with Crippen molar-refractivity contribution in [3.05, 3.63) is 64.7 Å². The van der Waals surface area contributed by atoms with Gasteiger partial charge in [-0.25, -0.2) is 0 Å². The van der Waals surface area contributed by atoms with Gasteiger partial charge in [-0.1, -0.05) is 80.3 Å². The van der Waals surface area contributed by atoms with Gasteiger partial charge in [-0.3, -0.25) is 0 Å². The van der Waals surface area contributed by atoms with Crippen LogP contribution in [0.1, 0.15) is 56.2 Å². The van der Waals surface area contributed by atoms with Crippen molar-refractivity contribution in [3.8, 4) is 11.1 Å². The van der Waals surface area contributed by atoms with Crippen molar-refractivity contribution >= 4 is 6.08 Å². The molecule has 0 heterocycles. The summed E-state index contributed by atoms with van der Waals surface area (Å²) >= 11 is 0. The molecular weight excluding hydrogens is 264 g/mol. The fourth-order valence-electron chi connectivity index (χ4n) is 3.39. The Hall–Kier alpha value is -1.82. The Labute approximate surface area is 134 Å². The van der Waals surface area contributed by atoms with Crippen molar-refractivity contribution in [2.75, 3.05) is 0 Å². The number of unbranched alkanes of at least 4 members (excludes halogenated alkanes) is 3. The lowest BCUT2D eigenvalue weighted by Crippen LogP contribution is -1.89. The van der Waals surface area contributed by atoms with E-state index in [0.717, 1.165) is 6.42 Å². The van der Waals surface area contributed by atoms with Gasteiger partial charge in [-0.2, -0.15) is 0 Å². The molecule has 0 spiro atoms. The predicted octanol–water partition coefficient (Wildman–Crippen LogP) is 6.44. The van der Waals surface area contributed by atoms with Gasteiger partial charge in [0.05, 0.1) is 0 Å². The molecule has 3 rings (SSSR count). The molecule has 1 aliphatic carbocycles. The summed E-state index contributed by atoms with van der Waals surface area (Å²) < 4.78 is 0. The minimum atomic E-state index is 1.11. The molecule has 0 fully saturated rings. The lowest BCUT2D eigenvalue weighted by atomic mass is 9.95. The second kappa shape index (κ2) is 6.96. The van der Waals surface area contributed by atoms with Crippen LogP contribution in [0.2, 0.25) is 0 Å². The SMILES string of the molecule is CCCCCCc1ccc(-c2cccc3c2C=C(C)C3)cc1. The summed E-state index contributed by atoms with van der Waals surface area (Å²) in [4.78, 5) is 0. The third-order valence-electron chi connectivity index (χ3n) is 4.64. The number of aryl methyl sites for hydroxylation is 1. The van der Waals surface area contributed by atoms with Gasteiger partial charge in [0.15, 0.2) is 0 Å². The summed E-state index contributed by atoms with van der Waals surface area (Å²) in [5.74, 6) is 0. The van der Waals surface area contributed by atoms with Crippen LogP contribution in [-0.2, 0) is 12.8 Å². The zero-order valence-corrected chi connectivity index (χ0v) is 13.9. The second-order valence-electron chi connectivity index (χ2n) is 6.55. The molecular formula is C22H26. The van der Waals surface area contributed by atoms with Crippen molar-refractivity contribution in [1.82, 2.24) is 0 Å². The van der Waals surface area contributed by atoms with E-state index in [2.05, 4.69) is 62.4 Å². The average molecular weight is 290 g/mol. The molecule has 114 valence electrons. The molecule has 0 heteroatoms. The third kappa shape index (κ3) is 3.32. The van der Waals surface area contributed by atoms with E-state index in [1.54, 1.807) is 0 Å². The standard InChI is InChI=1S/C22H26/c1-3-4-5-6-8-18-11-13-19(14-12-18)21-10-7-9-20-15-17(2)16-22(20)21/h7,9-14,16H,3-6,8,15H2,1-2H3. The smallest absolute Gasteiger partial charge is 0.00604 e. The van der Waals surface area contributed by atoms with Crippen LogP contribution >= 0.6 is 0 Å². The van der Waals surface area contributed by atoms with Gasteiger partial charge in [-0.05, 0) is 54.0 Å². The highest BCUT2D eigenvalue weighted by atomic mass is 14.2.